The van der Waals surface area contributed by atoms with Gasteiger partial charge in [-0.3, -0.25) is 0 Å². The molecule has 1 nitrogen and oxygen atoms in total. The van der Waals surface area contributed by atoms with Gasteiger partial charge in [-0.05, 0) is 44.6 Å². The van der Waals surface area contributed by atoms with Crippen molar-refractivity contribution >= 4 is 45.3 Å². The molecule has 0 saturated heterocycles. The summed E-state index contributed by atoms with van der Waals surface area (Å²) in [6, 6.07) is 23.4. The number of hydrogen-bond acceptors (Lipinski definition) is 2. The summed E-state index contributed by atoms with van der Waals surface area (Å²) in [5, 5.41) is 7.14. The number of fused-ring (bicyclic) bond motifs is 3. The maximum absolute atomic E-state index is 6.53. The summed E-state index contributed by atoms with van der Waals surface area (Å²) >= 11 is 1.71. The first-order chi connectivity index (χ1) is 10.3. The highest BCUT2D eigenvalue weighted by atomic mass is 35.5. The van der Waals surface area contributed by atoms with Crippen molar-refractivity contribution in [2.45, 2.75) is 6.04 Å². The van der Waals surface area contributed by atoms with E-state index in [1.54, 1.807) is 11.3 Å². The van der Waals surface area contributed by atoms with Gasteiger partial charge in [0.25, 0.3) is 0 Å². The van der Waals surface area contributed by atoms with E-state index < -0.39 is 0 Å². The Morgan fingerprint density at radius 2 is 1.45 bits per heavy atom. The number of benzene rings is 3. The standard InChI is InChI=1S/C19H15NS.ClH/c20-19(18-10-5-11-21-18)17-12-13-6-1-2-7-14(13)15-8-3-4-9-16(15)17;/h1-12,19H,20H2;1H/t19-;/m0./s1. The summed E-state index contributed by atoms with van der Waals surface area (Å²) in [7, 11) is 0. The van der Waals surface area contributed by atoms with Crippen molar-refractivity contribution in [1.29, 1.82) is 0 Å². The van der Waals surface area contributed by atoms with Crippen molar-refractivity contribution in [1.82, 2.24) is 0 Å². The van der Waals surface area contributed by atoms with E-state index >= 15 is 0 Å². The Labute approximate surface area is 139 Å². The van der Waals surface area contributed by atoms with Gasteiger partial charge in [-0.1, -0.05) is 54.6 Å². The van der Waals surface area contributed by atoms with Gasteiger partial charge in [-0.2, -0.15) is 0 Å². The van der Waals surface area contributed by atoms with Crippen LogP contribution in [-0.2, 0) is 0 Å². The molecule has 1 aromatic heterocycles. The Balaban J connectivity index is 0.00000144. The van der Waals surface area contributed by atoms with E-state index in [0.29, 0.717) is 0 Å². The fourth-order valence-electron chi connectivity index (χ4n) is 2.96. The molecule has 0 unspecified atom stereocenters. The van der Waals surface area contributed by atoms with E-state index in [4.69, 9.17) is 5.73 Å². The molecule has 0 aliphatic carbocycles. The van der Waals surface area contributed by atoms with Gasteiger partial charge in [0.2, 0.25) is 0 Å². The van der Waals surface area contributed by atoms with E-state index in [9.17, 15) is 0 Å². The fourth-order valence-corrected chi connectivity index (χ4v) is 3.71. The van der Waals surface area contributed by atoms with Crippen molar-refractivity contribution in [2.75, 3.05) is 0 Å². The van der Waals surface area contributed by atoms with Crippen LogP contribution in [0.4, 0.5) is 0 Å². The summed E-state index contributed by atoms with van der Waals surface area (Å²) in [5.41, 5.74) is 7.73. The third-order valence-electron chi connectivity index (χ3n) is 3.98. The average Bonchev–Trinajstić information content (AvgIpc) is 3.08. The van der Waals surface area contributed by atoms with Crippen LogP contribution in [0.15, 0.2) is 72.1 Å². The molecule has 0 amide bonds. The molecule has 4 aromatic rings. The lowest BCUT2D eigenvalue weighted by molar-refractivity contribution is 0.905. The summed E-state index contributed by atoms with van der Waals surface area (Å²) in [4.78, 5) is 1.20. The Morgan fingerprint density at radius 3 is 2.18 bits per heavy atom. The number of rotatable bonds is 2. The molecule has 0 saturated carbocycles. The molecule has 3 heteroatoms. The fraction of sp³-hybridized carbons (Fsp3) is 0.0526. The van der Waals surface area contributed by atoms with E-state index in [1.807, 2.05) is 0 Å². The highest BCUT2D eigenvalue weighted by Crippen LogP contribution is 2.34. The second kappa shape index (κ2) is 6.09. The molecule has 2 N–H and O–H groups in total. The number of nitrogens with two attached hydrogens (primary N) is 1. The molecule has 0 spiro atoms. The molecular formula is C19H16ClNS. The minimum atomic E-state index is -0.0699. The second-order valence-electron chi connectivity index (χ2n) is 5.23. The average molecular weight is 326 g/mol. The first-order valence-corrected chi connectivity index (χ1v) is 7.92. The zero-order valence-corrected chi connectivity index (χ0v) is 13.5. The lowest BCUT2D eigenvalue weighted by Gasteiger charge is -2.15. The van der Waals surface area contributed by atoms with Gasteiger partial charge in [0.15, 0.2) is 0 Å². The Hall–Kier alpha value is -1.87. The first-order valence-electron chi connectivity index (χ1n) is 7.04. The van der Waals surface area contributed by atoms with Gasteiger partial charge >= 0.3 is 0 Å². The smallest absolute Gasteiger partial charge is 0.0652 e. The molecule has 4 rings (SSSR count). The molecule has 1 atom stereocenters. The lowest BCUT2D eigenvalue weighted by Crippen LogP contribution is -2.10. The topological polar surface area (TPSA) is 26.0 Å². The lowest BCUT2D eigenvalue weighted by atomic mass is 9.93. The van der Waals surface area contributed by atoms with Crippen molar-refractivity contribution in [2.24, 2.45) is 5.73 Å². The van der Waals surface area contributed by atoms with Gasteiger partial charge in [-0.15, -0.1) is 23.7 Å². The van der Waals surface area contributed by atoms with Crippen molar-refractivity contribution in [3.63, 3.8) is 0 Å². The number of hydrogen-bond donors (Lipinski definition) is 1. The molecular weight excluding hydrogens is 310 g/mol. The summed E-state index contributed by atoms with van der Waals surface area (Å²) < 4.78 is 0. The number of thiophene rings is 1. The molecule has 0 fully saturated rings. The maximum atomic E-state index is 6.53. The van der Waals surface area contributed by atoms with E-state index in [2.05, 4.69) is 72.1 Å². The van der Waals surface area contributed by atoms with Crippen LogP contribution in [0.1, 0.15) is 16.5 Å². The third kappa shape index (κ3) is 2.40. The highest BCUT2D eigenvalue weighted by molar-refractivity contribution is 7.10. The molecule has 0 bridgehead atoms. The molecule has 0 aliphatic rings. The van der Waals surface area contributed by atoms with Crippen LogP contribution in [0.2, 0.25) is 0 Å². The highest BCUT2D eigenvalue weighted by Gasteiger charge is 2.14. The van der Waals surface area contributed by atoms with Crippen molar-refractivity contribution in [3.8, 4) is 0 Å². The predicted molar refractivity (Wildman–Crippen MR) is 99.1 cm³/mol. The molecule has 0 radical (unpaired) electrons. The quantitative estimate of drug-likeness (QED) is 0.482. The van der Waals surface area contributed by atoms with Crippen LogP contribution in [0.3, 0.4) is 0 Å². The van der Waals surface area contributed by atoms with Gasteiger partial charge < -0.3 is 5.73 Å². The Kier molecular flexibility index (Phi) is 4.16. The molecule has 22 heavy (non-hydrogen) atoms. The molecule has 0 aliphatic heterocycles. The zero-order chi connectivity index (χ0) is 14.2. The van der Waals surface area contributed by atoms with Crippen LogP contribution >= 0.6 is 23.7 Å². The first kappa shape index (κ1) is 15.0. The van der Waals surface area contributed by atoms with Gasteiger partial charge in [0, 0.05) is 4.88 Å². The number of halogens is 1. The zero-order valence-electron chi connectivity index (χ0n) is 11.9. The van der Waals surface area contributed by atoms with Crippen molar-refractivity contribution in [3.05, 3.63) is 82.6 Å². The summed E-state index contributed by atoms with van der Waals surface area (Å²) in [6.07, 6.45) is 0. The summed E-state index contributed by atoms with van der Waals surface area (Å²) in [6.45, 7) is 0. The van der Waals surface area contributed by atoms with E-state index in [1.165, 1.54) is 32.0 Å². The van der Waals surface area contributed by atoms with Crippen LogP contribution in [0, 0.1) is 0 Å². The van der Waals surface area contributed by atoms with E-state index in [0.717, 1.165) is 0 Å². The van der Waals surface area contributed by atoms with Crippen LogP contribution < -0.4 is 5.73 Å². The minimum absolute atomic E-state index is 0. The second-order valence-corrected chi connectivity index (χ2v) is 6.20. The van der Waals surface area contributed by atoms with Crippen LogP contribution in [0.5, 0.6) is 0 Å². The van der Waals surface area contributed by atoms with Crippen molar-refractivity contribution < 1.29 is 0 Å². The minimum Gasteiger partial charge on any atom is -0.320 e. The Bertz CT molecular complexity index is 915. The SMILES string of the molecule is Cl.N[C@H](c1cccs1)c1cc2ccccc2c2ccccc12. The van der Waals surface area contributed by atoms with Gasteiger partial charge in [-0.25, -0.2) is 0 Å². The third-order valence-corrected chi connectivity index (χ3v) is 4.94. The normalized spacial score (nSPS) is 12.2. The summed E-state index contributed by atoms with van der Waals surface area (Å²) in [5.74, 6) is 0. The van der Waals surface area contributed by atoms with E-state index in [-0.39, 0.29) is 18.4 Å². The molecule has 1 heterocycles. The Morgan fingerprint density at radius 1 is 0.773 bits per heavy atom. The largest absolute Gasteiger partial charge is 0.320 e. The van der Waals surface area contributed by atoms with Gasteiger partial charge in [0.1, 0.15) is 0 Å². The molecule has 3 aromatic carbocycles. The maximum Gasteiger partial charge on any atom is 0.0652 e. The monoisotopic (exact) mass is 325 g/mol. The molecule has 110 valence electrons. The predicted octanol–water partition coefficient (Wildman–Crippen LogP) is 5.52. The van der Waals surface area contributed by atoms with Gasteiger partial charge in [0.05, 0.1) is 6.04 Å². The van der Waals surface area contributed by atoms with Crippen LogP contribution in [0.25, 0.3) is 21.5 Å². The van der Waals surface area contributed by atoms with Crippen LogP contribution in [-0.4, -0.2) is 0 Å².